The number of urea groups is 1. The molecular weight excluding hydrogens is 380 g/mol. The number of piperazine rings is 1. The second kappa shape index (κ2) is 10.1. The molecule has 0 radical (unpaired) electrons. The Morgan fingerprint density at radius 2 is 1.70 bits per heavy atom. The highest BCUT2D eigenvalue weighted by Gasteiger charge is 2.26. The Bertz CT molecular complexity index is 876. The maximum atomic E-state index is 13.0. The van der Waals surface area contributed by atoms with Gasteiger partial charge in [-0.15, -0.1) is 0 Å². The second-order valence-electron chi connectivity index (χ2n) is 7.73. The minimum atomic E-state index is -0.139. The Labute approximate surface area is 178 Å². The number of hydrogen-bond acceptors (Lipinski definition) is 4. The standard InChI is InChI=1S/C23H30N4O3/c1-18-7-6-8-19(17-18)24-23(29)27-13-11-26(12-14-27)22(28)20-9-4-5-10-21(20)30-16-15-25(2)3/h4-10,17H,11-16H2,1-3H3,(H,24,29). The van der Waals surface area contributed by atoms with E-state index in [1.807, 2.05) is 68.4 Å². The van der Waals surface area contributed by atoms with Crippen molar-refractivity contribution in [2.75, 3.05) is 58.7 Å². The summed E-state index contributed by atoms with van der Waals surface area (Å²) in [7, 11) is 3.96. The Kier molecular flexibility index (Phi) is 7.30. The van der Waals surface area contributed by atoms with E-state index >= 15 is 0 Å². The molecule has 0 aromatic heterocycles. The molecule has 7 nitrogen and oxygen atoms in total. The summed E-state index contributed by atoms with van der Waals surface area (Å²) in [4.78, 5) is 31.1. The van der Waals surface area contributed by atoms with Crippen LogP contribution in [-0.2, 0) is 0 Å². The SMILES string of the molecule is Cc1cccc(NC(=O)N2CCN(C(=O)c3ccccc3OCCN(C)C)CC2)c1. The summed E-state index contributed by atoms with van der Waals surface area (Å²) in [6, 6.07) is 14.9. The molecule has 0 spiro atoms. The summed E-state index contributed by atoms with van der Waals surface area (Å²) >= 11 is 0. The van der Waals surface area contributed by atoms with Crippen molar-refractivity contribution in [1.82, 2.24) is 14.7 Å². The first kappa shape index (κ1) is 21.6. The van der Waals surface area contributed by atoms with Crippen LogP contribution in [0.4, 0.5) is 10.5 Å². The van der Waals surface area contributed by atoms with Gasteiger partial charge in [-0.2, -0.15) is 0 Å². The number of aryl methyl sites for hydroxylation is 1. The van der Waals surface area contributed by atoms with E-state index in [0.717, 1.165) is 17.8 Å². The number of rotatable bonds is 6. The number of carbonyl (C=O) groups excluding carboxylic acids is 2. The average Bonchev–Trinajstić information content (AvgIpc) is 2.73. The molecule has 0 bridgehead atoms. The molecule has 0 saturated carbocycles. The number of benzene rings is 2. The van der Waals surface area contributed by atoms with E-state index in [-0.39, 0.29) is 11.9 Å². The van der Waals surface area contributed by atoms with Crippen LogP contribution in [0.3, 0.4) is 0 Å². The number of likely N-dealkylation sites (N-methyl/N-ethyl adjacent to an activating group) is 1. The predicted octanol–water partition coefficient (Wildman–Crippen LogP) is 2.93. The molecule has 1 N–H and O–H groups in total. The Balaban J connectivity index is 1.56. The number of anilines is 1. The minimum Gasteiger partial charge on any atom is -0.491 e. The van der Waals surface area contributed by atoms with Crippen molar-refractivity contribution in [3.05, 3.63) is 59.7 Å². The van der Waals surface area contributed by atoms with Gasteiger partial charge in [0, 0.05) is 38.4 Å². The number of nitrogens with one attached hydrogen (secondary N) is 1. The summed E-state index contributed by atoms with van der Waals surface area (Å²) in [5, 5.41) is 2.93. The highest BCUT2D eigenvalue weighted by atomic mass is 16.5. The van der Waals surface area contributed by atoms with E-state index in [2.05, 4.69) is 5.32 Å². The maximum Gasteiger partial charge on any atom is 0.321 e. The summed E-state index contributed by atoms with van der Waals surface area (Å²) in [6.45, 7) is 5.25. The maximum absolute atomic E-state index is 13.0. The number of carbonyl (C=O) groups is 2. The lowest BCUT2D eigenvalue weighted by molar-refractivity contribution is 0.0667. The van der Waals surface area contributed by atoms with E-state index in [9.17, 15) is 9.59 Å². The fourth-order valence-electron chi connectivity index (χ4n) is 3.32. The van der Waals surface area contributed by atoms with Crippen LogP contribution in [0, 0.1) is 6.92 Å². The molecule has 0 atom stereocenters. The van der Waals surface area contributed by atoms with E-state index in [1.165, 1.54) is 0 Å². The van der Waals surface area contributed by atoms with Crippen molar-refractivity contribution in [2.45, 2.75) is 6.92 Å². The lowest BCUT2D eigenvalue weighted by atomic mass is 10.1. The molecule has 0 aliphatic carbocycles. The zero-order valence-electron chi connectivity index (χ0n) is 17.9. The molecule has 1 fully saturated rings. The Hall–Kier alpha value is -3.06. The summed E-state index contributed by atoms with van der Waals surface area (Å²) in [5.74, 6) is 0.540. The third-order valence-electron chi connectivity index (χ3n) is 5.04. The molecule has 30 heavy (non-hydrogen) atoms. The van der Waals surface area contributed by atoms with Gasteiger partial charge in [0.05, 0.1) is 5.56 Å². The van der Waals surface area contributed by atoms with Crippen LogP contribution in [0.25, 0.3) is 0 Å². The van der Waals surface area contributed by atoms with E-state index in [0.29, 0.717) is 44.1 Å². The number of para-hydroxylation sites is 1. The molecule has 1 heterocycles. The van der Waals surface area contributed by atoms with Gasteiger partial charge < -0.3 is 24.8 Å². The third-order valence-corrected chi connectivity index (χ3v) is 5.04. The molecule has 1 aliphatic rings. The van der Waals surface area contributed by atoms with Gasteiger partial charge >= 0.3 is 6.03 Å². The van der Waals surface area contributed by atoms with Gasteiger partial charge in [0.15, 0.2) is 0 Å². The van der Waals surface area contributed by atoms with Crippen LogP contribution in [0.5, 0.6) is 5.75 Å². The summed E-state index contributed by atoms with van der Waals surface area (Å²) in [6.07, 6.45) is 0. The largest absolute Gasteiger partial charge is 0.491 e. The van der Waals surface area contributed by atoms with Crippen molar-refractivity contribution in [3.63, 3.8) is 0 Å². The molecule has 0 unspecified atom stereocenters. The monoisotopic (exact) mass is 410 g/mol. The van der Waals surface area contributed by atoms with Crippen molar-refractivity contribution in [1.29, 1.82) is 0 Å². The number of nitrogens with zero attached hydrogens (tertiary/aromatic N) is 3. The van der Waals surface area contributed by atoms with Gasteiger partial charge in [-0.25, -0.2) is 4.79 Å². The first-order valence-corrected chi connectivity index (χ1v) is 10.2. The molecule has 3 rings (SSSR count). The Morgan fingerprint density at radius 3 is 2.40 bits per heavy atom. The van der Waals surface area contributed by atoms with Gasteiger partial charge in [-0.3, -0.25) is 4.79 Å². The van der Waals surface area contributed by atoms with Crippen LogP contribution in [0.15, 0.2) is 48.5 Å². The van der Waals surface area contributed by atoms with Crippen LogP contribution >= 0.6 is 0 Å². The molecule has 3 amide bonds. The molecule has 7 heteroatoms. The van der Waals surface area contributed by atoms with Gasteiger partial charge in [0.25, 0.3) is 5.91 Å². The van der Waals surface area contributed by atoms with Gasteiger partial charge in [0.1, 0.15) is 12.4 Å². The molecule has 1 saturated heterocycles. The van der Waals surface area contributed by atoms with Gasteiger partial charge in [-0.05, 0) is 50.8 Å². The fraction of sp³-hybridized carbons (Fsp3) is 0.391. The highest BCUT2D eigenvalue weighted by Crippen LogP contribution is 2.21. The van der Waals surface area contributed by atoms with Crippen LogP contribution in [0.2, 0.25) is 0 Å². The molecule has 2 aromatic carbocycles. The lowest BCUT2D eigenvalue weighted by Crippen LogP contribution is -2.51. The summed E-state index contributed by atoms with van der Waals surface area (Å²) in [5.41, 5.74) is 2.44. The molecule has 2 aromatic rings. The Morgan fingerprint density at radius 1 is 1.00 bits per heavy atom. The lowest BCUT2D eigenvalue weighted by Gasteiger charge is -2.35. The number of amides is 3. The van der Waals surface area contributed by atoms with Crippen molar-refractivity contribution in [2.24, 2.45) is 0 Å². The average molecular weight is 411 g/mol. The van der Waals surface area contributed by atoms with Gasteiger partial charge in [-0.1, -0.05) is 24.3 Å². The first-order chi connectivity index (χ1) is 14.4. The summed E-state index contributed by atoms with van der Waals surface area (Å²) < 4.78 is 5.83. The third kappa shape index (κ3) is 5.73. The second-order valence-corrected chi connectivity index (χ2v) is 7.73. The van der Waals surface area contributed by atoms with Crippen LogP contribution in [-0.4, -0.2) is 80.1 Å². The number of ether oxygens (including phenoxy) is 1. The van der Waals surface area contributed by atoms with E-state index in [1.54, 1.807) is 15.9 Å². The zero-order valence-corrected chi connectivity index (χ0v) is 17.9. The van der Waals surface area contributed by atoms with E-state index in [4.69, 9.17) is 4.74 Å². The zero-order chi connectivity index (χ0) is 21.5. The smallest absolute Gasteiger partial charge is 0.321 e. The van der Waals surface area contributed by atoms with Crippen molar-refractivity contribution in [3.8, 4) is 5.75 Å². The van der Waals surface area contributed by atoms with Crippen molar-refractivity contribution >= 4 is 17.6 Å². The molecule has 1 aliphatic heterocycles. The van der Waals surface area contributed by atoms with Crippen LogP contribution < -0.4 is 10.1 Å². The van der Waals surface area contributed by atoms with Crippen LogP contribution in [0.1, 0.15) is 15.9 Å². The quantitative estimate of drug-likeness (QED) is 0.795. The highest BCUT2D eigenvalue weighted by molar-refractivity contribution is 5.97. The van der Waals surface area contributed by atoms with Crippen molar-refractivity contribution < 1.29 is 14.3 Å². The van der Waals surface area contributed by atoms with Gasteiger partial charge in [0.2, 0.25) is 0 Å². The topological polar surface area (TPSA) is 65.1 Å². The fourth-order valence-corrected chi connectivity index (χ4v) is 3.32. The molecular formula is C23H30N4O3. The predicted molar refractivity (Wildman–Crippen MR) is 118 cm³/mol. The number of hydrogen-bond donors (Lipinski definition) is 1. The minimum absolute atomic E-state index is 0.0609. The first-order valence-electron chi connectivity index (χ1n) is 10.2. The van der Waals surface area contributed by atoms with E-state index < -0.39 is 0 Å². The normalized spacial score (nSPS) is 14.0. The molecule has 160 valence electrons.